The second-order valence-corrected chi connectivity index (χ2v) is 5.82. The molecule has 0 heterocycles. The van der Waals surface area contributed by atoms with Gasteiger partial charge in [0.25, 0.3) is 0 Å². The van der Waals surface area contributed by atoms with Crippen LogP contribution in [-0.4, -0.2) is 32.1 Å². The van der Waals surface area contributed by atoms with E-state index in [0.717, 1.165) is 18.5 Å². The Labute approximate surface area is 111 Å². The van der Waals surface area contributed by atoms with Gasteiger partial charge in [-0.05, 0) is 63.9 Å². The molecule has 0 spiro atoms. The van der Waals surface area contributed by atoms with E-state index in [1.165, 1.54) is 36.8 Å². The molecule has 18 heavy (non-hydrogen) atoms. The van der Waals surface area contributed by atoms with Gasteiger partial charge < -0.3 is 10.2 Å². The number of nitrogens with one attached hydrogen (secondary N) is 1. The molecule has 0 bridgehead atoms. The lowest BCUT2D eigenvalue weighted by atomic mass is 9.81. The van der Waals surface area contributed by atoms with Crippen molar-refractivity contribution in [3.63, 3.8) is 0 Å². The van der Waals surface area contributed by atoms with Gasteiger partial charge in [-0.25, -0.2) is 0 Å². The van der Waals surface area contributed by atoms with Gasteiger partial charge in [-0.2, -0.15) is 0 Å². The molecular formula is C16H26N2. The zero-order chi connectivity index (χ0) is 13.0. The maximum Gasteiger partial charge on any atom is 0.0227 e. The van der Waals surface area contributed by atoms with Crippen LogP contribution in [0.4, 0.5) is 0 Å². The van der Waals surface area contributed by atoms with Crippen LogP contribution in [0, 0.1) is 0 Å². The van der Waals surface area contributed by atoms with E-state index >= 15 is 0 Å². The summed E-state index contributed by atoms with van der Waals surface area (Å²) in [6.45, 7) is 1.03. The lowest BCUT2D eigenvalue weighted by Crippen LogP contribution is -2.29. The molecule has 100 valence electrons. The van der Waals surface area contributed by atoms with Crippen LogP contribution >= 0.6 is 0 Å². The Bertz CT molecular complexity index is 348. The van der Waals surface area contributed by atoms with Gasteiger partial charge in [-0.3, -0.25) is 0 Å². The van der Waals surface area contributed by atoms with Crippen molar-refractivity contribution in [2.75, 3.05) is 21.1 Å². The molecule has 1 fully saturated rings. The highest BCUT2D eigenvalue weighted by Gasteiger charge is 2.20. The van der Waals surface area contributed by atoms with Crippen LogP contribution in [0.25, 0.3) is 0 Å². The molecule has 2 heteroatoms. The highest BCUT2D eigenvalue weighted by molar-refractivity contribution is 5.25. The van der Waals surface area contributed by atoms with Gasteiger partial charge >= 0.3 is 0 Å². The highest BCUT2D eigenvalue weighted by Crippen LogP contribution is 2.32. The first kappa shape index (κ1) is 13.6. The molecular weight excluding hydrogens is 220 g/mol. The first-order valence-corrected chi connectivity index (χ1v) is 7.10. The van der Waals surface area contributed by atoms with Crippen LogP contribution in [0.5, 0.6) is 0 Å². The molecule has 1 N–H and O–H groups in total. The van der Waals surface area contributed by atoms with Crippen molar-refractivity contribution in [1.82, 2.24) is 10.2 Å². The molecule has 0 unspecified atom stereocenters. The van der Waals surface area contributed by atoms with Crippen molar-refractivity contribution in [3.8, 4) is 0 Å². The summed E-state index contributed by atoms with van der Waals surface area (Å²) in [5.74, 6) is 0.781. The zero-order valence-electron chi connectivity index (χ0n) is 11.9. The van der Waals surface area contributed by atoms with Gasteiger partial charge in [0, 0.05) is 12.6 Å². The van der Waals surface area contributed by atoms with Crippen molar-refractivity contribution in [2.24, 2.45) is 0 Å². The summed E-state index contributed by atoms with van der Waals surface area (Å²) in [6.07, 6.45) is 5.30. The molecule has 0 saturated heterocycles. The molecule has 2 rings (SSSR count). The summed E-state index contributed by atoms with van der Waals surface area (Å²) in [4.78, 5) is 2.22. The predicted molar refractivity (Wildman–Crippen MR) is 77.9 cm³/mol. The Morgan fingerprint density at radius 2 is 1.67 bits per heavy atom. The third-order valence-corrected chi connectivity index (χ3v) is 4.09. The van der Waals surface area contributed by atoms with E-state index in [2.05, 4.69) is 55.6 Å². The fourth-order valence-electron chi connectivity index (χ4n) is 2.98. The molecule has 0 aromatic heterocycles. The standard InChI is InChI=1S/C16H26N2/c1-17-16-10-8-15(9-11-16)14-6-4-13(5-7-14)12-18(2)3/h4-7,15-17H,8-12H2,1-3H3/t15-,16-. The van der Waals surface area contributed by atoms with Gasteiger partial charge in [0.2, 0.25) is 0 Å². The molecule has 2 nitrogen and oxygen atoms in total. The maximum absolute atomic E-state index is 3.40. The topological polar surface area (TPSA) is 15.3 Å². The third-order valence-electron chi connectivity index (χ3n) is 4.09. The number of hydrogen-bond donors (Lipinski definition) is 1. The number of benzene rings is 1. The first-order valence-electron chi connectivity index (χ1n) is 7.10. The van der Waals surface area contributed by atoms with Gasteiger partial charge in [0.15, 0.2) is 0 Å². The second-order valence-electron chi connectivity index (χ2n) is 5.82. The Balaban J connectivity index is 1.93. The molecule has 1 aliphatic carbocycles. The monoisotopic (exact) mass is 246 g/mol. The van der Waals surface area contributed by atoms with E-state index in [0.29, 0.717) is 0 Å². The van der Waals surface area contributed by atoms with Crippen molar-refractivity contribution in [2.45, 2.75) is 44.2 Å². The molecule has 0 aliphatic heterocycles. The number of rotatable bonds is 4. The lowest BCUT2D eigenvalue weighted by molar-refractivity contribution is 0.358. The summed E-state index contributed by atoms with van der Waals surface area (Å²) in [5, 5.41) is 3.40. The van der Waals surface area contributed by atoms with Crippen molar-refractivity contribution < 1.29 is 0 Å². The SMILES string of the molecule is CN[C@H]1CC[C@H](c2ccc(CN(C)C)cc2)CC1. The van der Waals surface area contributed by atoms with Crippen LogP contribution in [0.1, 0.15) is 42.7 Å². The minimum absolute atomic E-state index is 0.745. The van der Waals surface area contributed by atoms with E-state index in [-0.39, 0.29) is 0 Å². The van der Waals surface area contributed by atoms with E-state index in [4.69, 9.17) is 0 Å². The van der Waals surface area contributed by atoms with Crippen LogP contribution in [0.15, 0.2) is 24.3 Å². The molecule has 0 amide bonds. The van der Waals surface area contributed by atoms with E-state index in [9.17, 15) is 0 Å². The third kappa shape index (κ3) is 3.56. The Hall–Kier alpha value is -0.860. The molecule has 0 atom stereocenters. The largest absolute Gasteiger partial charge is 0.317 e. The Morgan fingerprint density at radius 3 is 2.17 bits per heavy atom. The fraction of sp³-hybridized carbons (Fsp3) is 0.625. The Kier molecular flexibility index (Phi) is 4.79. The van der Waals surface area contributed by atoms with Crippen molar-refractivity contribution in [1.29, 1.82) is 0 Å². The summed E-state index contributed by atoms with van der Waals surface area (Å²) in [7, 11) is 6.32. The van der Waals surface area contributed by atoms with E-state index in [1.54, 1.807) is 0 Å². The minimum Gasteiger partial charge on any atom is -0.317 e. The smallest absolute Gasteiger partial charge is 0.0227 e. The quantitative estimate of drug-likeness (QED) is 0.878. The average molecular weight is 246 g/mol. The molecule has 1 aliphatic rings. The minimum atomic E-state index is 0.745. The van der Waals surface area contributed by atoms with Crippen LogP contribution in [-0.2, 0) is 6.54 Å². The van der Waals surface area contributed by atoms with Crippen LogP contribution in [0.3, 0.4) is 0 Å². The normalized spacial score (nSPS) is 24.4. The van der Waals surface area contributed by atoms with Crippen molar-refractivity contribution >= 4 is 0 Å². The average Bonchev–Trinajstić information content (AvgIpc) is 2.39. The first-order chi connectivity index (χ1) is 8.69. The molecule has 1 aromatic carbocycles. The van der Waals surface area contributed by atoms with Crippen LogP contribution < -0.4 is 5.32 Å². The van der Waals surface area contributed by atoms with Gasteiger partial charge in [-0.15, -0.1) is 0 Å². The lowest BCUT2D eigenvalue weighted by Gasteiger charge is -2.28. The molecule has 1 saturated carbocycles. The second kappa shape index (κ2) is 6.35. The molecule has 0 radical (unpaired) electrons. The Morgan fingerprint density at radius 1 is 1.06 bits per heavy atom. The van der Waals surface area contributed by atoms with Gasteiger partial charge in [0.05, 0.1) is 0 Å². The summed E-state index contributed by atoms with van der Waals surface area (Å²) in [5.41, 5.74) is 2.94. The summed E-state index contributed by atoms with van der Waals surface area (Å²) < 4.78 is 0. The van der Waals surface area contributed by atoms with E-state index in [1.807, 2.05) is 0 Å². The van der Waals surface area contributed by atoms with E-state index < -0.39 is 0 Å². The fourth-order valence-corrected chi connectivity index (χ4v) is 2.98. The summed E-state index contributed by atoms with van der Waals surface area (Å²) >= 11 is 0. The zero-order valence-corrected chi connectivity index (χ0v) is 11.9. The van der Waals surface area contributed by atoms with Gasteiger partial charge in [0.1, 0.15) is 0 Å². The molecule has 1 aromatic rings. The van der Waals surface area contributed by atoms with Crippen LogP contribution in [0.2, 0.25) is 0 Å². The van der Waals surface area contributed by atoms with Crippen molar-refractivity contribution in [3.05, 3.63) is 35.4 Å². The number of hydrogen-bond acceptors (Lipinski definition) is 2. The number of nitrogens with zero attached hydrogens (tertiary/aromatic N) is 1. The van der Waals surface area contributed by atoms with Gasteiger partial charge in [-0.1, -0.05) is 24.3 Å². The maximum atomic E-state index is 3.40. The highest BCUT2D eigenvalue weighted by atomic mass is 15.0. The predicted octanol–water partition coefficient (Wildman–Crippen LogP) is 2.99. The summed E-state index contributed by atoms with van der Waals surface area (Å²) in [6, 6.07) is 10.0.